The van der Waals surface area contributed by atoms with Gasteiger partial charge in [0.05, 0.1) is 37.0 Å². The number of ether oxygens (including phenoxy) is 4. The lowest BCUT2D eigenvalue weighted by Gasteiger charge is -2.58. The van der Waals surface area contributed by atoms with Crippen molar-refractivity contribution in [3.05, 3.63) is 28.5 Å². The zero-order valence-electron chi connectivity index (χ0n) is 16.3. The van der Waals surface area contributed by atoms with E-state index in [0.717, 1.165) is 25.7 Å². The van der Waals surface area contributed by atoms with Crippen molar-refractivity contribution in [1.82, 2.24) is 0 Å². The molecule has 0 aromatic heterocycles. The lowest BCUT2D eigenvalue weighted by atomic mass is 9.52. The van der Waals surface area contributed by atoms with Crippen molar-refractivity contribution < 1.29 is 28.1 Å². The zero-order valence-corrected chi connectivity index (χ0v) is 17.0. The van der Waals surface area contributed by atoms with Gasteiger partial charge in [0.25, 0.3) is 0 Å². The maximum Gasteiger partial charge on any atom is 0.341 e. The van der Waals surface area contributed by atoms with Crippen LogP contribution in [0.5, 0.6) is 5.75 Å². The van der Waals surface area contributed by atoms with E-state index in [9.17, 15) is 9.18 Å². The molecule has 4 aliphatic rings. The third kappa shape index (κ3) is 3.62. The van der Waals surface area contributed by atoms with Crippen LogP contribution < -0.4 is 4.74 Å². The molecule has 28 heavy (non-hydrogen) atoms. The molecule has 0 atom stereocenters. The maximum absolute atomic E-state index is 14.4. The molecule has 7 heteroatoms. The van der Waals surface area contributed by atoms with Crippen LogP contribution >= 0.6 is 11.6 Å². The smallest absolute Gasteiger partial charge is 0.341 e. The Morgan fingerprint density at radius 2 is 2.00 bits per heavy atom. The Kier molecular flexibility index (Phi) is 5.31. The van der Waals surface area contributed by atoms with Gasteiger partial charge < -0.3 is 18.9 Å². The molecule has 1 saturated heterocycles. The van der Waals surface area contributed by atoms with Crippen LogP contribution in [0, 0.1) is 23.1 Å². The molecule has 2 bridgehead atoms. The SMILES string of the molecule is CC(C)COC(=O)c1cc(Cl)c(OCC23CCC4(OCCO4)C(C2)C3)cc1F. The fraction of sp³-hybridized carbons (Fsp3) is 0.667. The number of hydrogen-bond acceptors (Lipinski definition) is 5. The Bertz CT molecular complexity index is 748. The molecule has 0 N–H and O–H groups in total. The highest BCUT2D eigenvalue weighted by Crippen LogP contribution is 2.61. The molecule has 1 aromatic carbocycles. The highest BCUT2D eigenvalue weighted by atomic mass is 35.5. The summed E-state index contributed by atoms with van der Waals surface area (Å²) in [7, 11) is 0. The van der Waals surface area contributed by atoms with Crippen LogP contribution in [0.3, 0.4) is 0 Å². The molecule has 3 aliphatic carbocycles. The van der Waals surface area contributed by atoms with Gasteiger partial charge in [-0.25, -0.2) is 9.18 Å². The Morgan fingerprint density at radius 1 is 1.29 bits per heavy atom. The van der Waals surface area contributed by atoms with Crippen molar-refractivity contribution in [2.24, 2.45) is 17.3 Å². The number of hydrogen-bond donors (Lipinski definition) is 0. The third-order valence-electron chi connectivity index (χ3n) is 6.08. The largest absolute Gasteiger partial charge is 0.491 e. The van der Waals surface area contributed by atoms with Gasteiger partial charge in [0.1, 0.15) is 11.6 Å². The van der Waals surface area contributed by atoms with Gasteiger partial charge in [-0.05, 0) is 31.2 Å². The molecule has 1 heterocycles. The van der Waals surface area contributed by atoms with E-state index in [4.69, 9.17) is 30.5 Å². The van der Waals surface area contributed by atoms with Gasteiger partial charge in [-0.1, -0.05) is 25.4 Å². The van der Waals surface area contributed by atoms with Crippen LogP contribution in [-0.4, -0.2) is 38.2 Å². The van der Waals surface area contributed by atoms with Gasteiger partial charge in [0.15, 0.2) is 5.79 Å². The summed E-state index contributed by atoms with van der Waals surface area (Å²) < 4.78 is 37.1. The van der Waals surface area contributed by atoms with Crippen molar-refractivity contribution in [3.8, 4) is 5.75 Å². The van der Waals surface area contributed by atoms with Gasteiger partial charge in [0, 0.05) is 23.8 Å². The number of rotatable bonds is 6. The highest BCUT2D eigenvalue weighted by molar-refractivity contribution is 6.32. The Hall–Kier alpha value is -1.37. The third-order valence-corrected chi connectivity index (χ3v) is 6.38. The fourth-order valence-corrected chi connectivity index (χ4v) is 4.75. The summed E-state index contributed by atoms with van der Waals surface area (Å²) in [5.41, 5.74) is -0.102. The molecule has 154 valence electrons. The minimum absolute atomic E-state index is 0.0693. The van der Waals surface area contributed by atoms with E-state index in [1.807, 2.05) is 13.8 Å². The van der Waals surface area contributed by atoms with E-state index >= 15 is 0 Å². The second-order valence-corrected chi connectivity index (χ2v) is 9.06. The molecule has 0 unspecified atom stereocenters. The van der Waals surface area contributed by atoms with Gasteiger partial charge in [0.2, 0.25) is 0 Å². The van der Waals surface area contributed by atoms with Crippen LogP contribution in [0.4, 0.5) is 4.39 Å². The van der Waals surface area contributed by atoms with Gasteiger partial charge in [-0.15, -0.1) is 0 Å². The second-order valence-electron chi connectivity index (χ2n) is 8.66. The standard InChI is InChI=1S/C21H26ClFO5/c1-13(2)11-25-19(24)15-7-16(22)18(8-17(15)23)26-12-20-3-4-21(14(9-20)10-20)27-5-6-28-21/h7-8,13-14H,3-6,9-12H2,1-2H3. The normalized spacial score (nSPS) is 27.7. The number of fused-ring (bicyclic) bond motifs is 1. The molecule has 5 nitrogen and oxygen atoms in total. The van der Waals surface area contributed by atoms with Crippen molar-refractivity contribution in [2.45, 2.75) is 45.3 Å². The molecule has 0 radical (unpaired) electrons. The van der Waals surface area contributed by atoms with Gasteiger partial charge >= 0.3 is 5.97 Å². The Labute approximate surface area is 169 Å². The summed E-state index contributed by atoms with van der Waals surface area (Å²) >= 11 is 6.24. The van der Waals surface area contributed by atoms with E-state index in [0.29, 0.717) is 25.7 Å². The molecular formula is C21H26ClFO5. The number of halogens is 2. The second kappa shape index (κ2) is 7.47. The van der Waals surface area contributed by atoms with E-state index in [-0.39, 0.29) is 40.1 Å². The Balaban J connectivity index is 1.37. The van der Waals surface area contributed by atoms with Crippen molar-refractivity contribution >= 4 is 17.6 Å². The molecular weight excluding hydrogens is 387 g/mol. The van der Waals surface area contributed by atoms with E-state index in [1.54, 1.807) is 0 Å². The first-order valence-electron chi connectivity index (χ1n) is 9.89. The lowest BCUT2D eigenvalue weighted by Crippen LogP contribution is -2.58. The minimum atomic E-state index is -0.714. The van der Waals surface area contributed by atoms with Crippen LogP contribution in [0.15, 0.2) is 12.1 Å². The van der Waals surface area contributed by atoms with E-state index in [1.165, 1.54) is 12.1 Å². The summed E-state index contributed by atoms with van der Waals surface area (Å²) in [4.78, 5) is 12.0. The van der Waals surface area contributed by atoms with Crippen LogP contribution in [0.1, 0.15) is 49.9 Å². The number of benzene rings is 1. The summed E-state index contributed by atoms with van der Waals surface area (Å²) in [6, 6.07) is 2.46. The van der Waals surface area contributed by atoms with E-state index < -0.39 is 11.8 Å². The van der Waals surface area contributed by atoms with Crippen LogP contribution in [0.2, 0.25) is 5.02 Å². The minimum Gasteiger partial charge on any atom is -0.491 e. The van der Waals surface area contributed by atoms with E-state index in [2.05, 4.69) is 0 Å². The van der Waals surface area contributed by atoms with Crippen molar-refractivity contribution in [3.63, 3.8) is 0 Å². The van der Waals surface area contributed by atoms with Crippen LogP contribution in [0.25, 0.3) is 0 Å². The van der Waals surface area contributed by atoms with Gasteiger partial charge in [-0.3, -0.25) is 0 Å². The Morgan fingerprint density at radius 3 is 2.61 bits per heavy atom. The summed E-state index contributed by atoms with van der Waals surface area (Å²) in [5, 5.41) is 0.208. The highest BCUT2D eigenvalue weighted by Gasteiger charge is 2.61. The molecule has 4 fully saturated rings. The molecule has 1 aromatic rings. The quantitative estimate of drug-likeness (QED) is 0.639. The molecule has 3 saturated carbocycles. The van der Waals surface area contributed by atoms with Crippen LogP contribution in [-0.2, 0) is 14.2 Å². The molecule has 0 amide bonds. The van der Waals surface area contributed by atoms with Crippen molar-refractivity contribution in [2.75, 3.05) is 26.4 Å². The lowest BCUT2D eigenvalue weighted by molar-refractivity contribution is -0.277. The molecule has 1 aliphatic heterocycles. The number of carbonyl (C=O) groups excluding carboxylic acids is 1. The molecule has 1 spiro atoms. The topological polar surface area (TPSA) is 54.0 Å². The first-order valence-corrected chi connectivity index (χ1v) is 10.3. The fourth-order valence-electron chi connectivity index (χ4n) is 4.53. The van der Waals surface area contributed by atoms with Gasteiger partial charge in [-0.2, -0.15) is 0 Å². The molecule has 5 rings (SSSR count). The average molecular weight is 413 g/mol. The average Bonchev–Trinajstić information content (AvgIpc) is 3.09. The van der Waals surface area contributed by atoms with Crippen molar-refractivity contribution in [1.29, 1.82) is 0 Å². The first-order chi connectivity index (χ1) is 13.3. The predicted molar refractivity (Wildman–Crippen MR) is 101 cm³/mol. The summed E-state index contributed by atoms with van der Waals surface area (Å²) in [5.74, 6) is -0.959. The first kappa shape index (κ1) is 19.9. The monoisotopic (exact) mass is 412 g/mol. The number of esters is 1. The number of carbonyl (C=O) groups is 1. The zero-order chi connectivity index (χ0) is 19.9. The maximum atomic E-state index is 14.4. The summed E-state index contributed by atoms with van der Waals surface area (Å²) in [6.45, 7) is 5.86. The summed E-state index contributed by atoms with van der Waals surface area (Å²) in [6.07, 6.45) is 3.77. The predicted octanol–water partition coefficient (Wildman–Crippen LogP) is 4.60.